The van der Waals surface area contributed by atoms with Crippen LogP contribution in [0.15, 0.2) is 48.5 Å². The number of halogens is 1. The third-order valence-corrected chi connectivity index (χ3v) is 3.24. The average molecular weight is 261 g/mol. The molecule has 0 spiro atoms. The van der Waals surface area contributed by atoms with E-state index in [1.54, 1.807) is 0 Å². The van der Waals surface area contributed by atoms with Gasteiger partial charge in [0.25, 0.3) is 0 Å². The molecule has 2 N–H and O–H groups in total. The van der Waals surface area contributed by atoms with Crippen molar-refractivity contribution >= 4 is 23.0 Å². The minimum Gasteiger partial charge on any atom is -0.397 e. The summed E-state index contributed by atoms with van der Waals surface area (Å²) in [5.74, 6) is 0. The molecule has 2 rings (SSSR count). The van der Waals surface area contributed by atoms with Crippen LogP contribution in [0.2, 0.25) is 5.02 Å². The molecule has 18 heavy (non-hydrogen) atoms. The van der Waals surface area contributed by atoms with Crippen LogP contribution >= 0.6 is 11.6 Å². The first kappa shape index (κ1) is 12.8. The molecule has 3 heteroatoms. The molecule has 0 atom stereocenters. The summed E-state index contributed by atoms with van der Waals surface area (Å²) in [7, 11) is 0. The summed E-state index contributed by atoms with van der Waals surface area (Å²) in [6, 6.07) is 15.9. The van der Waals surface area contributed by atoms with E-state index in [0.29, 0.717) is 5.02 Å². The first-order valence-electron chi connectivity index (χ1n) is 6.05. The first-order valence-corrected chi connectivity index (χ1v) is 6.43. The van der Waals surface area contributed by atoms with Crippen molar-refractivity contribution in [2.45, 2.75) is 13.5 Å². The number of nitrogen functional groups attached to an aromatic ring is 1. The SMILES string of the molecule is CCN(Cc1ccccc1)c1c(N)cccc1Cl. The number of nitrogens with two attached hydrogens (primary N) is 1. The van der Waals surface area contributed by atoms with E-state index in [1.807, 2.05) is 36.4 Å². The third kappa shape index (κ3) is 2.77. The second-order valence-electron chi connectivity index (χ2n) is 4.18. The van der Waals surface area contributed by atoms with Crippen LogP contribution in [0.4, 0.5) is 11.4 Å². The standard InChI is InChI=1S/C15H17ClN2/c1-2-18(11-12-7-4-3-5-8-12)15-13(16)9-6-10-14(15)17/h3-10H,2,11,17H2,1H3. The maximum absolute atomic E-state index is 6.25. The quantitative estimate of drug-likeness (QED) is 0.844. The van der Waals surface area contributed by atoms with Gasteiger partial charge in [-0.15, -0.1) is 0 Å². The molecule has 0 aliphatic rings. The van der Waals surface area contributed by atoms with Gasteiger partial charge in [0.05, 0.1) is 16.4 Å². The number of benzene rings is 2. The average Bonchev–Trinajstić information content (AvgIpc) is 2.38. The Balaban J connectivity index is 2.29. The minimum atomic E-state index is 0.702. The molecule has 2 aromatic rings. The normalized spacial score (nSPS) is 10.3. The number of nitrogens with zero attached hydrogens (tertiary/aromatic N) is 1. The van der Waals surface area contributed by atoms with Crippen molar-refractivity contribution in [1.82, 2.24) is 0 Å². The fraction of sp³-hybridized carbons (Fsp3) is 0.200. The molecular weight excluding hydrogens is 244 g/mol. The van der Waals surface area contributed by atoms with Gasteiger partial charge in [-0.25, -0.2) is 0 Å². The Hall–Kier alpha value is -1.67. The minimum absolute atomic E-state index is 0.702. The highest BCUT2D eigenvalue weighted by atomic mass is 35.5. The van der Waals surface area contributed by atoms with Crippen LogP contribution in [-0.4, -0.2) is 6.54 Å². The zero-order chi connectivity index (χ0) is 13.0. The van der Waals surface area contributed by atoms with Gasteiger partial charge >= 0.3 is 0 Å². The second-order valence-corrected chi connectivity index (χ2v) is 4.58. The largest absolute Gasteiger partial charge is 0.397 e. The van der Waals surface area contributed by atoms with Crippen LogP contribution in [0.25, 0.3) is 0 Å². The van der Waals surface area contributed by atoms with Gasteiger partial charge in [-0.05, 0) is 24.6 Å². The number of para-hydroxylation sites is 1. The van der Waals surface area contributed by atoms with E-state index in [4.69, 9.17) is 17.3 Å². The fourth-order valence-corrected chi connectivity index (χ4v) is 2.32. The Morgan fingerprint density at radius 3 is 2.39 bits per heavy atom. The number of hydrogen-bond acceptors (Lipinski definition) is 2. The van der Waals surface area contributed by atoms with E-state index < -0.39 is 0 Å². The predicted molar refractivity (Wildman–Crippen MR) is 79.0 cm³/mol. The zero-order valence-electron chi connectivity index (χ0n) is 10.4. The van der Waals surface area contributed by atoms with Gasteiger partial charge in [0, 0.05) is 13.1 Å². The number of rotatable bonds is 4. The van der Waals surface area contributed by atoms with Crippen molar-refractivity contribution in [2.24, 2.45) is 0 Å². The summed E-state index contributed by atoms with van der Waals surface area (Å²) in [6.07, 6.45) is 0. The van der Waals surface area contributed by atoms with Gasteiger partial charge in [-0.3, -0.25) is 0 Å². The van der Waals surface area contributed by atoms with Crippen LogP contribution in [0, 0.1) is 0 Å². The van der Waals surface area contributed by atoms with E-state index in [-0.39, 0.29) is 0 Å². The van der Waals surface area contributed by atoms with Crippen molar-refractivity contribution in [1.29, 1.82) is 0 Å². The molecule has 0 aliphatic carbocycles. The van der Waals surface area contributed by atoms with Gasteiger partial charge in [0.2, 0.25) is 0 Å². The van der Waals surface area contributed by atoms with E-state index in [0.717, 1.165) is 24.5 Å². The Morgan fingerprint density at radius 2 is 1.78 bits per heavy atom. The zero-order valence-corrected chi connectivity index (χ0v) is 11.2. The van der Waals surface area contributed by atoms with Gasteiger partial charge in [-0.1, -0.05) is 48.0 Å². The molecule has 0 fully saturated rings. The lowest BCUT2D eigenvalue weighted by molar-refractivity contribution is 0.833. The summed E-state index contributed by atoms with van der Waals surface area (Å²) in [6.45, 7) is 3.78. The van der Waals surface area contributed by atoms with Crippen molar-refractivity contribution in [3.05, 3.63) is 59.1 Å². The maximum atomic E-state index is 6.25. The molecule has 0 unspecified atom stereocenters. The molecule has 0 bridgehead atoms. The molecule has 0 radical (unpaired) electrons. The van der Waals surface area contributed by atoms with Crippen LogP contribution in [0.3, 0.4) is 0 Å². The van der Waals surface area contributed by atoms with E-state index in [1.165, 1.54) is 5.56 Å². The van der Waals surface area contributed by atoms with Crippen molar-refractivity contribution < 1.29 is 0 Å². The Labute approximate surface area is 113 Å². The molecule has 0 saturated carbocycles. The molecule has 2 aromatic carbocycles. The molecule has 0 saturated heterocycles. The molecule has 0 heterocycles. The van der Waals surface area contributed by atoms with Crippen molar-refractivity contribution in [3.8, 4) is 0 Å². The van der Waals surface area contributed by atoms with Crippen LogP contribution in [0.1, 0.15) is 12.5 Å². The van der Waals surface area contributed by atoms with Crippen molar-refractivity contribution in [3.63, 3.8) is 0 Å². The van der Waals surface area contributed by atoms with Gasteiger partial charge in [0.15, 0.2) is 0 Å². The summed E-state index contributed by atoms with van der Waals surface area (Å²) >= 11 is 6.25. The number of anilines is 2. The van der Waals surface area contributed by atoms with Gasteiger partial charge in [-0.2, -0.15) is 0 Å². The Bertz CT molecular complexity index is 491. The molecule has 0 aliphatic heterocycles. The summed E-state index contributed by atoms with van der Waals surface area (Å²) in [4.78, 5) is 2.19. The monoisotopic (exact) mass is 260 g/mol. The Morgan fingerprint density at radius 1 is 1.06 bits per heavy atom. The van der Waals surface area contributed by atoms with Crippen molar-refractivity contribution in [2.75, 3.05) is 17.2 Å². The highest BCUT2D eigenvalue weighted by Crippen LogP contribution is 2.32. The smallest absolute Gasteiger partial charge is 0.0792 e. The van der Waals surface area contributed by atoms with Crippen LogP contribution in [-0.2, 0) is 6.54 Å². The van der Waals surface area contributed by atoms with E-state index in [2.05, 4.69) is 24.0 Å². The van der Waals surface area contributed by atoms with Crippen LogP contribution in [0.5, 0.6) is 0 Å². The highest BCUT2D eigenvalue weighted by Gasteiger charge is 2.12. The fourth-order valence-electron chi connectivity index (χ4n) is 2.02. The molecular formula is C15H17ClN2. The van der Waals surface area contributed by atoms with E-state index in [9.17, 15) is 0 Å². The highest BCUT2D eigenvalue weighted by molar-refractivity contribution is 6.33. The molecule has 94 valence electrons. The van der Waals surface area contributed by atoms with Gasteiger partial charge < -0.3 is 10.6 Å². The molecule has 0 aromatic heterocycles. The molecule has 0 amide bonds. The predicted octanol–water partition coefficient (Wildman–Crippen LogP) is 3.95. The second kappa shape index (κ2) is 5.78. The molecule has 2 nitrogen and oxygen atoms in total. The lowest BCUT2D eigenvalue weighted by atomic mass is 10.2. The summed E-state index contributed by atoms with van der Waals surface area (Å²) < 4.78 is 0. The summed E-state index contributed by atoms with van der Waals surface area (Å²) in [5, 5.41) is 0.702. The third-order valence-electron chi connectivity index (χ3n) is 2.93. The number of hydrogen-bond donors (Lipinski definition) is 1. The lowest BCUT2D eigenvalue weighted by Crippen LogP contribution is -2.23. The van der Waals surface area contributed by atoms with Gasteiger partial charge in [0.1, 0.15) is 0 Å². The first-order chi connectivity index (χ1) is 8.72. The van der Waals surface area contributed by atoms with E-state index >= 15 is 0 Å². The van der Waals surface area contributed by atoms with Crippen LogP contribution < -0.4 is 10.6 Å². The Kier molecular flexibility index (Phi) is 4.11. The lowest BCUT2D eigenvalue weighted by Gasteiger charge is -2.25. The summed E-state index contributed by atoms with van der Waals surface area (Å²) in [5.41, 5.74) is 8.92. The maximum Gasteiger partial charge on any atom is 0.0792 e. The topological polar surface area (TPSA) is 29.3 Å².